The molecule has 0 aliphatic carbocycles. The molecule has 3 nitrogen and oxygen atoms in total. The van der Waals surface area contributed by atoms with Gasteiger partial charge in [-0.05, 0) is 23.6 Å². The highest BCUT2D eigenvalue weighted by Gasteiger charge is 2.34. The van der Waals surface area contributed by atoms with E-state index in [1.165, 1.54) is 11.8 Å². The number of nitrogens with zero attached hydrogens (tertiary/aromatic N) is 1. The average Bonchev–Trinajstić information content (AvgIpc) is 2.76. The third kappa shape index (κ3) is 4.50. The molecule has 0 saturated carbocycles. The van der Waals surface area contributed by atoms with Crippen LogP contribution >= 0.6 is 23.4 Å². The second-order valence-corrected chi connectivity index (χ2v) is 8.17. The van der Waals surface area contributed by atoms with Gasteiger partial charge >= 0.3 is 0 Å². The molecule has 1 amide bonds. The van der Waals surface area contributed by atoms with Gasteiger partial charge in [0.1, 0.15) is 0 Å². The van der Waals surface area contributed by atoms with Gasteiger partial charge in [-0.2, -0.15) is 0 Å². The van der Waals surface area contributed by atoms with Gasteiger partial charge in [0.2, 0.25) is 5.91 Å². The summed E-state index contributed by atoms with van der Waals surface area (Å²) < 4.78 is 0. The van der Waals surface area contributed by atoms with Gasteiger partial charge in [-0.3, -0.25) is 9.59 Å². The minimum Gasteiger partial charge on any atom is -0.341 e. The molecule has 1 aromatic carbocycles. The Morgan fingerprint density at radius 1 is 1.45 bits per heavy atom. The zero-order valence-corrected chi connectivity index (χ0v) is 14.8. The SMILES string of the molecule is CC(=O)SCC1CC(=O)N(CC(C)(C)c2cccc(Cl)c2)C1. The van der Waals surface area contributed by atoms with E-state index in [1.807, 2.05) is 23.1 Å². The van der Waals surface area contributed by atoms with Crippen LogP contribution in [-0.4, -0.2) is 34.8 Å². The highest BCUT2D eigenvalue weighted by Crippen LogP contribution is 2.30. The summed E-state index contributed by atoms with van der Waals surface area (Å²) in [6.07, 6.45) is 0.548. The number of likely N-dealkylation sites (tertiary alicyclic amines) is 1. The highest BCUT2D eigenvalue weighted by molar-refractivity contribution is 8.13. The first kappa shape index (κ1) is 17.4. The molecule has 1 aliphatic rings. The van der Waals surface area contributed by atoms with E-state index in [-0.39, 0.29) is 22.4 Å². The number of carbonyl (C=O) groups excluding carboxylic acids is 2. The zero-order valence-electron chi connectivity index (χ0n) is 13.3. The number of carbonyl (C=O) groups is 2. The first-order valence-corrected chi connectivity index (χ1v) is 8.81. The third-order valence-electron chi connectivity index (χ3n) is 4.01. The van der Waals surface area contributed by atoms with E-state index in [4.69, 9.17) is 11.6 Å². The molecule has 1 atom stereocenters. The Hall–Kier alpha value is -1.00. The molecule has 1 fully saturated rings. The van der Waals surface area contributed by atoms with Crippen molar-refractivity contribution in [2.45, 2.75) is 32.6 Å². The van der Waals surface area contributed by atoms with Crippen molar-refractivity contribution in [1.29, 1.82) is 0 Å². The average molecular weight is 340 g/mol. The van der Waals surface area contributed by atoms with E-state index in [0.717, 1.165) is 17.9 Å². The topological polar surface area (TPSA) is 37.4 Å². The standard InChI is InChI=1S/C17H22ClNO2S/c1-12(20)22-10-13-7-16(21)19(9-13)11-17(2,3)14-5-4-6-15(18)8-14/h4-6,8,13H,7,9-11H2,1-3H3. The quantitative estimate of drug-likeness (QED) is 0.820. The lowest BCUT2D eigenvalue weighted by molar-refractivity contribution is -0.128. The summed E-state index contributed by atoms with van der Waals surface area (Å²) in [4.78, 5) is 25.2. The van der Waals surface area contributed by atoms with Crippen LogP contribution in [0.1, 0.15) is 32.8 Å². The minimum absolute atomic E-state index is 0.116. The van der Waals surface area contributed by atoms with Crippen molar-refractivity contribution in [2.24, 2.45) is 5.92 Å². The van der Waals surface area contributed by atoms with Crippen molar-refractivity contribution in [3.63, 3.8) is 0 Å². The van der Waals surface area contributed by atoms with Crippen LogP contribution < -0.4 is 0 Å². The number of benzene rings is 1. The molecule has 0 N–H and O–H groups in total. The predicted octanol–water partition coefficient (Wildman–Crippen LogP) is 3.75. The molecule has 120 valence electrons. The summed E-state index contributed by atoms with van der Waals surface area (Å²) in [5.74, 6) is 1.19. The van der Waals surface area contributed by atoms with Crippen molar-refractivity contribution >= 4 is 34.4 Å². The monoisotopic (exact) mass is 339 g/mol. The van der Waals surface area contributed by atoms with E-state index in [0.29, 0.717) is 18.0 Å². The summed E-state index contributed by atoms with van der Waals surface area (Å²) in [6.45, 7) is 7.24. The second kappa shape index (κ2) is 7.05. The smallest absolute Gasteiger partial charge is 0.222 e. The van der Waals surface area contributed by atoms with E-state index in [1.54, 1.807) is 6.92 Å². The van der Waals surface area contributed by atoms with Gasteiger partial charge in [0.15, 0.2) is 5.12 Å². The Balaban J connectivity index is 2.00. The van der Waals surface area contributed by atoms with Crippen molar-refractivity contribution in [1.82, 2.24) is 4.90 Å². The first-order chi connectivity index (χ1) is 10.3. The highest BCUT2D eigenvalue weighted by atomic mass is 35.5. The molecule has 0 spiro atoms. The van der Waals surface area contributed by atoms with Crippen LogP contribution in [0.5, 0.6) is 0 Å². The Kier molecular flexibility index (Phi) is 5.56. The number of thioether (sulfide) groups is 1. The summed E-state index contributed by atoms with van der Waals surface area (Å²) in [6, 6.07) is 7.81. The Morgan fingerprint density at radius 3 is 2.82 bits per heavy atom. The van der Waals surface area contributed by atoms with Gasteiger partial charge < -0.3 is 4.90 Å². The summed E-state index contributed by atoms with van der Waals surface area (Å²) in [7, 11) is 0. The molecule has 5 heteroatoms. The van der Waals surface area contributed by atoms with Crippen LogP contribution in [0, 0.1) is 5.92 Å². The van der Waals surface area contributed by atoms with E-state index >= 15 is 0 Å². The molecule has 1 aromatic rings. The van der Waals surface area contributed by atoms with Gasteiger partial charge in [-0.1, -0.05) is 49.3 Å². The summed E-state index contributed by atoms with van der Waals surface area (Å²) in [5.41, 5.74) is 0.984. The lowest BCUT2D eigenvalue weighted by Crippen LogP contribution is -2.38. The zero-order chi connectivity index (χ0) is 16.3. The van der Waals surface area contributed by atoms with Crippen LogP contribution in [0.25, 0.3) is 0 Å². The fraction of sp³-hybridized carbons (Fsp3) is 0.529. The lowest BCUT2D eigenvalue weighted by atomic mass is 9.84. The number of hydrogen-bond donors (Lipinski definition) is 0. The Morgan fingerprint density at radius 2 is 2.18 bits per heavy atom. The molecule has 22 heavy (non-hydrogen) atoms. The van der Waals surface area contributed by atoms with Crippen LogP contribution in [0.3, 0.4) is 0 Å². The van der Waals surface area contributed by atoms with Crippen molar-refractivity contribution < 1.29 is 9.59 Å². The predicted molar refractivity (Wildman–Crippen MR) is 92.3 cm³/mol. The third-order valence-corrected chi connectivity index (χ3v) is 5.29. The fourth-order valence-electron chi connectivity index (χ4n) is 2.83. The Bertz CT molecular complexity index is 574. The van der Waals surface area contributed by atoms with Gasteiger partial charge in [0.05, 0.1) is 0 Å². The fourth-order valence-corrected chi connectivity index (χ4v) is 3.72. The molecule has 0 radical (unpaired) electrons. The van der Waals surface area contributed by atoms with Crippen molar-refractivity contribution in [3.8, 4) is 0 Å². The van der Waals surface area contributed by atoms with E-state index < -0.39 is 0 Å². The van der Waals surface area contributed by atoms with Gasteiger partial charge in [-0.15, -0.1) is 0 Å². The lowest BCUT2D eigenvalue weighted by Gasteiger charge is -2.31. The minimum atomic E-state index is -0.150. The molecule has 1 aliphatic heterocycles. The van der Waals surface area contributed by atoms with Gasteiger partial charge in [0, 0.05) is 42.6 Å². The van der Waals surface area contributed by atoms with Crippen LogP contribution in [-0.2, 0) is 15.0 Å². The van der Waals surface area contributed by atoms with E-state index in [2.05, 4.69) is 19.9 Å². The number of hydrogen-bond acceptors (Lipinski definition) is 3. The van der Waals surface area contributed by atoms with Gasteiger partial charge in [-0.25, -0.2) is 0 Å². The summed E-state index contributed by atoms with van der Waals surface area (Å²) in [5, 5.41) is 0.833. The molecule has 1 unspecified atom stereocenters. The molecule has 1 saturated heterocycles. The molecule has 2 rings (SSSR count). The molecule has 0 aromatic heterocycles. The van der Waals surface area contributed by atoms with Crippen molar-refractivity contribution in [3.05, 3.63) is 34.9 Å². The molecule has 1 heterocycles. The molecular formula is C17H22ClNO2S. The normalized spacial score (nSPS) is 18.8. The second-order valence-electron chi connectivity index (χ2n) is 6.54. The maximum atomic E-state index is 12.2. The molecular weight excluding hydrogens is 318 g/mol. The number of rotatable bonds is 5. The van der Waals surface area contributed by atoms with Crippen molar-refractivity contribution in [2.75, 3.05) is 18.8 Å². The van der Waals surface area contributed by atoms with E-state index in [9.17, 15) is 9.59 Å². The first-order valence-electron chi connectivity index (χ1n) is 7.45. The molecule has 0 bridgehead atoms. The maximum absolute atomic E-state index is 12.2. The van der Waals surface area contributed by atoms with Crippen LogP contribution in [0.2, 0.25) is 5.02 Å². The number of halogens is 1. The van der Waals surface area contributed by atoms with Crippen LogP contribution in [0.4, 0.5) is 0 Å². The van der Waals surface area contributed by atoms with Crippen LogP contribution in [0.15, 0.2) is 24.3 Å². The largest absolute Gasteiger partial charge is 0.341 e. The maximum Gasteiger partial charge on any atom is 0.222 e. The van der Waals surface area contributed by atoms with Gasteiger partial charge in [0.25, 0.3) is 0 Å². The summed E-state index contributed by atoms with van der Waals surface area (Å²) >= 11 is 7.39. The number of amides is 1. The Labute approximate surface area is 141 Å².